The van der Waals surface area contributed by atoms with Crippen molar-refractivity contribution in [3.8, 4) is 0 Å². The topological polar surface area (TPSA) is 21.3 Å². The molecule has 0 heterocycles. The van der Waals surface area contributed by atoms with Crippen LogP contribution in [-0.4, -0.2) is 28.2 Å². The molecule has 0 spiro atoms. The molecule has 0 saturated heterocycles. The van der Waals surface area contributed by atoms with Gasteiger partial charge >= 0.3 is 0 Å². The number of nitrogens with one attached hydrogen (secondary N) is 1. The Morgan fingerprint density at radius 2 is 2.08 bits per heavy atom. The maximum absolute atomic E-state index is 5.56. The normalized spacial score (nSPS) is 13.8. The van der Waals surface area contributed by atoms with Crippen LogP contribution in [0.15, 0.2) is 0 Å². The molecular weight excluding hydrogens is 166 g/mol. The molecule has 0 saturated carbocycles. The predicted octanol–water partition coefficient (Wildman–Crippen LogP) is 1.76. The molecule has 0 rings (SSSR count). The summed E-state index contributed by atoms with van der Waals surface area (Å²) in [6, 6.07) is 0.654. The van der Waals surface area contributed by atoms with E-state index < -0.39 is 9.04 Å². The van der Waals surface area contributed by atoms with Crippen LogP contribution in [0.5, 0.6) is 0 Å². The second-order valence-electron chi connectivity index (χ2n) is 3.54. The second-order valence-corrected chi connectivity index (χ2v) is 5.97. The maximum atomic E-state index is 5.56. The van der Waals surface area contributed by atoms with E-state index in [-0.39, 0.29) is 0 Å². The molecule has 0 radical (unpaired) electrons. The zero-order chi connectivity index (χ0) is 9.40. The van der Waals surface area contributed by atoms with Crippen LogP contribution in [0.4, 0.5) is 0 Å². The van der Waals surface area contributed by atoms with E-state index in [2.05, 4.69) is 32.3 Å². The second kappa shape index (κ2) is 7.77. The van der Waals surface area contributed by atoms with Gasteiger partial charge in [-0.05, 0) is 39.4 Å². The summed E-state index contributed by atoms with van der Waals surface area (Å²) in [5.74, 6) is 0. The third-order valence-electron chi connectivity index (χ3n) is 1.88. The highest BCUT2D eigenvalue weighted by atomic mass is 28.3. The Hall–Kier alpha value is 0.137. The summed E-state index contributed by atoms with van der Waals surface area (Å²) in [6.07, 6.45) is 2.36. The van der Waals surface area contributed by atoms with Crippen molar-refractivity contribution in [3.63, 3.8) is 0 Å². The molecule has 0 fully saturated rings. The fourth-order valence-corrected chi connectivity index (χ4v) is 1.52. The average Bonchev–Trinajstić information content (AvgIpc) is 2.03. The molecule has 0 amide bonds. The van der Waals surface area contributed by atoms with Crippen molar-refractivity contribution in [1.82, 2.24) is 5.32 Å². The molecule has 0 aliphatic carbocycles. The van der Waals surface area contributed by atoms with E-state index in [4.69, 9.17) is 4.43 Å². The number of hydrogen-bond acceptors (Lipinski definition) is 2. The van der Waals surface area contributed by atoms with Gasteiger partial charge in [0.1, 0.15) is 0 Å². The van der Waals surface area contributed by atoms with Gasteiger partial charge in [-0.25, -0.2) is 0 Å². The largest absolute Gasteiger partial charge is 0.421 e. The van der Waals surface area contributed by atoms with Gasteiger partial charge in [0.15, 0.2) is 9.04 Å². The van der Waals surface area contributed by atoms with Crippen molar-refractivity contribution in [2.45, 2.75) is 45.8 Å². The van der Waals surface area contributed by atoms with Gasteiger partial charge in [-0.15, -0.1) is 0 Å². The highest BCUT2D eigenvalue weighted by Crippen LogP contribution is 1.90. The fourth-order valence-electron chi connectivity index (χ4n) is 0.884. The molecule has 2 nitrogen and oxygen atoms in total. The van der Waals surface area contributed by atoms with Gasteiger partial charge in [0, 0.05) is 12.6 Å². The molecule has 12 heavy (non-hydrogen) atoms. The van der Waals surface area contributed by atoms with Crippen molar-refractivity contribution < 1.29 is 4.43 Å². The highest BCUT2D eigenvalue weighted by molar-refractivity contribution is 6.48. The van der Waals surface area contributed by atoms with Crippen LogP contribution in [0.2, 0.25) is 13.1 Å². The van der Waals surface area contributed by atoms with E-state index in [1.165, 1.54) is 6.42 Å². The Labute approximate surface area is 78.4 Å². The van der Waals surface area contributed by atoms with Crippen LogP contribution in [0.1, 0.15) is 26.7 Å². The quantitative estimate of drug-likeness (QED) is 0.487. The van der Waals surface area contributed by atoms with Crippen LogP contribution in [0.25, 0.3) is 0 Å². The zero-order valence-electron chi connectivity index (χ0n) is 8.89. The smallest absolute Gasteiger partial charge is 0.170 e. The Morgan fingerprint density at radius 1 is 1.42 bits per heavy atom. The van der Waals surface area contributed by atoms with Gasteiger partial charge in [0.05, 0.1) is 0 Å². The first-order chi connectivity index (χ1) is 5.66. The molecule has 74 valence electrons. The first-order valence-electron chi connectivity index (χ1n) is 5.01. The molecule has 1 N–H and O–H groups in total. The molecule has 0 aliphatic rings. The van der Waals surface area contributed by atoms with Crippen LogP contribution in [-0.2, 0) is 4.43 Å². The predicted molar refractivity (Wildman–Crippen MR) is 57.2 cm³/mol. The van der Waals surface area contributed by atoms with E-state index in [1.807, 2.05) is 0 Å². The molecule has 1 unspecified atom stereocenters. The lowest BCUT2D eigenvalue weighted by Gasteiger charge is -2.11. The summed E-state index contributed by atoms with van der Waals surface area (Å²) in [6.45, 7) is 10.9. The minimum Gasteiger partial charge on any atom is -0.421 e. The van der Waals surface area contributed by atoms with Crippen LogP contribution < -0.4 is 5.32 Å². The van der Waals surface area contributed by atoms with Crippen LogP contribution >= 0.6 is 0 Å². The van der Waals surface area contributed by atoms with E-state index in [9.17, 15) is 0 Å². The lowest BCUT2D eigenvalue weighted by Crippen LogP contribution is -2.27. The molecule has 1 atom stereocenters. The van der Waals surface area contributed by atoms with Crippen molar-refractivity contribution >= 4 is 9.04 Å². The van der Waals surface area contributed by atoms with Gasteiger partial charge in [-0.3, -0.25) is 0 Å². The van der Waals surface area contributed by atoms with Gasteiger partial charge in [-0.1, -0.05) is 6.92 Å². The van der Waals surface area contributed by atoms with E-state index in [1.54, 1.807) is 0 Å². The monoisotopic (exact) mass is 189 g/mol. The van der Waals surface area contributed by atoms with Gasteiger partial charge in [0.2, 0.25) is 0 Å². The standard InChI is InChI=1S/C9H23NOSi/c1-5-9(2)10-7-6-8-11-12(3)4/h9-10,12H,5-8H2,1-4H3. The van der Waals surface area contributed by atoms with Gasteiger partial charge in [0.25, 0.3) is 0 Å². The first-order valence-corrected chi connectivity index (χ1v) is 7.79. The molecule has 0 aromatic carbocycles. The molecule has 3 heteroatoms. The van der Waals surface area contributed by atoms with Crippen LogP contribution in [0, 0.1) is 0 Å². The fraction of sp³-hybridized carbons (Fsp3) is 1.00. The summed E-state index contributed by atoms with van der Waals surface area (Å²) in [5, 5.41) is 3.44. The van der Waals surface area contributed by atoms with Crippen molar-refractivity contribution in [2.75, 3.05) is 13.2 Å². The van der Waals surface area contributed by atoms with Crippen molar-refractivity contribution in [3.05, 3.63) is 0 Å². The lowest BCUT2D eigenvalue weighted by atomic mass is 10.2. The SMILES string of the molecule is CCC(C)NCCCO[SiH](C)C. The summed E-state index contributed by atoms with van der Waals surface area (Å²) in [7, 11) is -0.773. The summed E-state index contributed by atoms with van der Waals surface area (Å²) in [4.78, 5) is 0. The minimum atomic E-state index is -0.773. The molecule has 0 bridgehead atoms. The van der Waals surface area contributed by atoms with Gasteiger partial charge < -0.3 is 9.74 Å². The minimum absolute atomic E-state index is 0.654. The first kappa shape index (κ1) is 12.1. The van der Waals surface area contributed by atoms with Gasteiger partial charge in [-0.2, -0.15) is 0 Å². The molecular formula is C9H23NOSi. The number of hydrogen-bond donors (Lipinski definition) is 1. The number of rotatable bonds is 7. The Bertz CT molecular complexity index is 98.5. The Morgan fingerprint density at radius 3 is 2.58 bits per heavy atom. The Balaban J connectivity index is 3.00. The Kier molecular flexibility index (Phi) is 7.86. The van der Waals surface area contributed by atoms with E-state index >= 15 is 0 Å². The van der Waals surface area contributed by atoms with E-state index in [0.717, 1.165) is 19.6 Å². The summed E-state index contributed by atoms with van der Waals surface area (Å²) in [5.41, 5.74) is 0. The van der Waals surface area contributed by atoms with Crippen molar-refractivity contribution in [2.24, 2.45) is 0 Å². The molecule has 0 aromatic rings. The maximum Gasteiger partial charge on any atom is 0.170 e. The average molecular weight is 189 g/mol. The summed E-state index contributed by atoms with van der Waals surface area (Å²) < 4.78 is 5.56. The lowest BCUT2D eigenvalue weighted by molar-refractivity contribution is 0.312. The van der Waals surface area contributed by atoms with E-state index in [0.29, 0.717) is 6.04 Å². The molecule has 0 aliphatic heterocycles. The molecule has 0 aromatic heterocycles. The third-order valence-corrected chi connectivity index (χ3v) is 2.78. The van der Waals surface area contributed by atoms with Crippen LogP contribution in [0.3, 0.4) is 0 Å². The highest BCUT2D eigenvalue weighted by Gasteiger charge is 1.97. The van der Waals surface area contributed by atoms with Crippen molar-refractivity contribution in [1.29, 1.82) is 0 Å². The third kappa shape index (κ3) is 8.24. The summed E-state index contributed by atoms with van der Waals surface area (Å²) >= 11 is 0. The zero-order valence-corrected chi connectivity index (χ0v) is 10.0.